The molecule has 0 amide bonds. The first kappa shape index (κ1) is 15.0. The van der Waals surface area contributed by atoms with E-state index in [1.54, 1.807) is 0 Å². The lowest BCUT2D eigenvalue weighted by molar-refractivity contribution is 0.241. The molecule has 1 unspecified atom stereocenters. The molecule has 0 aliphatic rings. The summed E-state index contributed by atoms with van der Waals surface area (Å²) >= 11 is 0. The number of unbranched alkanes of at least 4 members (excludes halogenated alkanes) is 3. The molecule has 0 aliphatic carbocycles. The van der Waals surface area contributed by atoms with Crippen molar-refractivity contribution in [3.63, 3.8) is 0 Å². The van der Waals surface area contributed by atoms with Crippen molar-refractivity contribution in [1.82, 2.24) is 0 Å². The third-order valence-electron chi connectivity index (χ3n) is 3.39. The van der Waals surface area contributed by atoms with Gasteiger partial charge in [0.2, 0.25) is 0 Å². The zero-order valence-electron chi connectivity index (χ0n) is 11.7. The fourth-order valence-corrected chi connectivity index (χ4v) is 2.67. The molecule has 0 aromatic rings. The highest BCUT2D eigenvalue weighted by molar-refractivity contribution is 4.71. The molecule has 0 nitrogen and oxygen atoms in total. The van der Waals surface area contributed by atoms with Gasteiger partial charge in [-0.15, -0.1) is 0 Å². The van der Waals surface area contributed by atoms with Gasteiger partial charge < -0.3 is 0 Å². The maximum absolute atomic E-state index is 2.45. The zero-order valence-corrected chi connectivity index (χ0v) is 11.7. The Morgan fingerprint density at radius 1 is 0.933 bits per heavy atom. The summed E-state index contributed by atoms with van der Waals surface area (Å²) in [5, 5.41) is 0. The van der Waals surface area contributed by atoms with E-state index >= 15 is 0 Å². The van der Waals surface area contributed by atoms with Gasteiger partial charge in [-0.3, -0.25) is 0 Å². The summed E-state index contributed by atoms with van der Waals surface area (Å²) in [4.78, 5) is 0. The van der Waals surface area contributed by atoms with Crippen molar-refractivity contribution in [2.45, 2.75) is 86.0 Å². The molecular weight excluding hydrogens is 180 g/mol. The monoisotopic (exact) mass is 212 g/mol. The van der Waals surface area contributed by atoms with Crippen LogP contribution < -0.4 is 0 Å². The van der Waals surface area contributed by atoms with E-state index in [2.05, 4.69) is 34.6 Å². The fourth-order valence-electron chi connectivity index (χ4n) is 2.67. The Balaban J connectivity index is 3.65. The van der Waals surface area contributed by atoms with Crippen LogP contribution >= 0.6 is 0 Å². The minimum absolute atomic E-state index is 0.572. The van der Waals surface area contributed by atoms with Crippen LogP contribution in [0.15, 0.2) is 0 Å². The fraction of sp³-hybridized carbons (Fsp3) is 1.00. The van der Waals surface area contributed by atoms with Crippen molar-refractivity contribution in [2.24, 2.45) is 11.3 Å². The Morgan fingerprint density at radius 2 is 1.60 bits per heavy atom. The zero-order chi connectivity index (χ0) is 11.7. The van der Waals surface area contributed by atoms with E-state index in [9.17, 15) is 0 Å². The average Bonchev–Trinajstić information content (AvgIpc) is 2.12. The minimum Gasteiger partial charge on any atom is -0.0654 e. The van der Waals surface area contributed by atoms with Crippen LogP contribution in [0.1, 0.15) is 86.0 Å². The summed E-state index contributed by atoms with van der Waals surface area (Å²) < 4.78 is 0. The second-order valence-corrected chi connectivity index (χ2v) is 6.07. The van der Waals surface area contributed by atoms with Gasteiger partial charge in [0.1, 0.15) is 0 Å². The molecule has 92 valence electrons. The highest BCUT2D eigenvalue weighted by Gasteiger charge is 2.19. The highest BCUT2D eigenvalue weighted by Crippen LogP contribution is 2.32. The third-order valence-corrected chi connectivity index (χ3v) is 3.39. The topological polar surface area (TPSA) is 0 Å². The lowest BCUT2D eigenvalue weighted by atomic mass is 9.78. The van der Waals surface area contributed by atoms with Gasteiger partial charge in [0.05, 0.1) is 0 Å². The summed E-state index contributed by atoms with van der Waals surface area (Å²) in [5.74, 6) is 0.913. The van der Waals surface area contributed by atoms with Gasteiger partial charge in [0.25, 0.3) is 0 Å². The predicted octanol–water partition coefficient (Wildman–Crippen LogP) is 5.81. The van der Waals surface area contributed by atoms with Crippen LogP contribution in [0, 0.1) is 11.3 Å². The van der Waals surface area contributed by atoms with Gasteiger partial charge in [0.15, 0.2) is 0 Å². The van der Waals surface area contributed by atoms with E-state index in [-0.39, 0.29) is 0 Å². The van der Waals surface area contributed by atoms with Crippen LogP contribution in [0.25, 0.3) is 0 Å². The van der Waals surface area contributed by atoms with E-state index in [0.717, 1.165) is 5.92 Å². The molecule has 0 N–H and O–H groups in total. The Bertz CT molecular complexity index is 135. The first-order chi connectivity index (χ1) is 7.02. The lowest BCUT2D eigenvalue weighted by Gasteiger charge is -2.28. The summed E-state index contributed by atoms with van der Waals surface area (Å²) in [6.45, 7) is 11.9. The second kappa shape index (κ2) is 8.19. The second-order valence-electron chi connectivity index (χ2n) is 6.07. The highest BCUT2D eigenvalue weighted by atomic mass is 14.3. The van der Waals surface area contributed by atoms with Crippen molar-refractivity contribution in [1.29, 1.82) is 0 Å². The first-order valence-electron chi connectivity index (χ1n) is 7.02. The molecule has 0 bridgehead atoms. The molecule has 0 aromatic carbocycles. The third kappa shape index (κ3) is 8.96. The van der Waals surface area contributed by atoms with Gasteiger partial charge in [-0.05, 0) is 24.2 Å². The van der Waals surface area contributed by atoms with Crippen LogP contribution in [0.4, 0.5) is 0 Å². The lowest BCUT2D eigenvalue weighted by Crippen LogP contribution is -2.15. The summed E-state index contributed by atoms with van der Waals surface area (Å²) in [7, 11) is 0. The van der Waals surface area contributed by atoms with Crippen LogP contribution in [-0.4, -0.2) is 0 Å². The first-order valence-corrected chi connectivity index (χ1v) is 7.02. The summed E-state index contributed by atoms with van der Waals surface area (Å²) in [6, 6.07) is 0. The van der Waals surface area contributed by atoms with Gasteiger partial charge in [-0.1, -0.05) is 73.1 Å². The van der Waals surface area contributed by atoms with Crippen molar-refractivity contribution >= 4 is 0 Å². The van der Waals surface area contributed by atoms with E-state index in [1.807, 2.05) is 0 Å². The summed E-state index contributed by atoms with van der Waals surface area (Å²) in [5.41, 5.74) is 0.572. The van der Waals surface area contributed by atoms with Gasteiger partial charge in [-0.25, -0.2) is 0 Å². The molecule has 0 rings (SSSR count). The molecule has 0 saturated heterocycles. The van der Waals surface area contributed by atoms with Gasteiger partial charge in [0, 0.05) is 0 Å². The Kier molecular flexibility index (Phi) is 8.19. The van der Waals surface area contributed by atoms with Crippen LogP contribution in [-0.2, 0) is 0 Å². The van der Waals surface area contributed by atoms with Crippen LogP contribution in [0.3, 0.4) is 0 Å². The molecular formula is C15H32. The molecule has 0 heterocycles. The molecule has 0 aliphatic heterocycles. The summed E-state index contributed by atoms with van der Waals surface area (Å²) in [6.07, 6.45) is 11.2. The molecule has 15 heavy (non-hydrogen) atoms. The van der Waals surface area contributed by atoms with Crippen molar-refractivity contribution in [2.75, 3.05) is 0 Å². The normalized spacial score (nSPS) is 14.2. The smallest absolute Gasteiger partial charge is 0.0352 e. The number of hydrogen-bond acceptors (Lipinski definition) is 0. The largest absolute Gasteiger partial charge is 0.0654 e. The molecule has 1 atom stereocenters. The van der Waals surface area contributed by atoms with Crippen LogP contribution in [0.2, 0.25) is 0 Å². The Labute approximate surface area is 97.8 Å². The molecule has 0 fully saturated rings. The van der Waals surface area contributed by atoms with Crippen molar-refractivity contribution < 1.29 is 0 Å². The van der Waals surface area contributed by atoms with Gasteiger partial charge >= 0.3 is 0 Å². The van der Waals surface area contributed by atoms with Gasteiger partial charge in [-0.2, -0.15) is 0 Å². The Morgan fingerprint density at radius 3 is 2.13 bits per heavy atom. The molecule has 0 heteroatoms. The van der Waals surface area contributed by atoms with Crippen LogP contribution in [0.5, 0.6) is 0 Å². The maximum Gasteiger partial charge on any atom is -0.0352 e. The predicted molar refractivity (Wildman–Crippen MR) is 71.2 cm³/mol. The van der Waals surface area contributed by atoms with E-state index in [1.165, 1.54) is 51.4 Å². The Hall–Kier alpha value is 0. The van der Waals surface area contributed by atoms with E-state index in [0.29, 0.717) is 5.41 Å². The van der Waals surface area contributed by atoms with Crippen molar-refractivity contribution in [3.05, 3.63) is 0 Å². The number of rotatable bonds is 9. The molecule has 0 saturated carbocycles. The quantitative estimate of drug-likeness (QED) is 0.423. The average molecular weight is 212 g/mol. The minimum atomic E-state index is 0.572. The molecule has 0 spiro atoms. The van der Waals surface area contributed by atoms with E-state index in [4.69, 9.17) is 0 Å². The standard InChI is InChI=1S/C15H32/c1-6-8-9-10-12-15(4,5)13-14(3)11-7-2/h14H,6-13H2,1-5H3. The molecule has 0 aromatic heterocycles. The maximum atomic E-state index is 2.45. The molecule has 0 radical (unpaired) electrons. The SMILES string of the molecule is CCCCCCC(C)(C)CC(C)CCC. The van der Waals surface area contributed by atoms with Crippen molar-refractivity contribution in [3.8, 4) is 0 Å². The number of hydrogen-bond donors (Lipinski definition) is 0. The van der Waals surface area contributed by atoms with E-state index < -0.39 is 0 Å².